The van der Waals surface area contributed by atoms with E-state index >= 15 is 0 Å². The number of aromatic nitrogens is 2. The first-order valence-corrected chi connectivity index (χ1v) is 5.22. The summed E-state index contributed by atoms with van der Waals surface area (Å²) in [4.78, 5) is 8.96. The molecule has 2 aromatic rings. The maximum Gasteiger partial charge on any atom is 0.126 e. The van der Waals surface area contributed by atoms with Crippen molar-refractivity contribution in [3.63, 3.8) is 0 Å². The lowest BCUT2D eigenvalue weighted by atomic mass is 9.99. The van der Waals surface area contributed by atoms with Gasteiger partial charge in [-0.3, -0.25) is 0 Å². The largest absolute Gasteiger partial charge is 0.238 e. The van der Waals surface area contributed by atoms with Gasteiger partial charge in [-0.1, -0.05) is 6.07 Å². The Balaban J connectivity index is 3.03. The summed E-state index contributed by atoms with van der Waals surface area (Å²) in [6.07, 6.45) is 0. The lowest BCUT2D eigenvalue weighted by Crippen LogP contribution is -1.98. The molecule has 0 aliphatic rings. The predicted octanol–water partition coefficient (Wildman–Crippen LogP) is 3.17. The lowest BCUT2D eigenvalue weighted by molar-refractivity contribution is 1.04. The summed E-state index contributed by atoms with van der Waals surface area (Å²) in [6, 6.07) is 2.20. The van der Waals surface area contributed by atoms with Gasteiger partial charge in [-0.25, -0.2) is 9.97 Å². The van der Waals surface area contributed by atoms with Gasteiger partial charge in [0.15, 0.2) is 0 Å². The SMILES string of the molecule is Cc1nc(C)c2c(C)c(C)cc(C)c2n1. The maximum atomic E-state index is 4.53. The molecule has 0 saturated heterocycles. The van der Waals surface area contributed by atoms with E-state index in [2.05, 4.69) is 43.7 Å². The highest BCUT2D eigenvalue weighted by Crippen LogP contribution is 2.25. The van der Waals surface area contributed by atoms with Crippen molar-refractivity contribution >= 4 is 10.9 Å². The summed E-state index contributed by atoms with van der Waals surface area (Å²) in [5.41, 5.74) is 6.04. The molecule has 0 radical (unpaired) electrons. The van der Waals surface area contributed by atoms with Gasteiger partial charge >= 0.3 is 0 Å². The molecule has 0 bridgehead atoms. The Kier molecular flexibility index (Phi) is 2.22. The molecule has 1 aromatic heterocycles. The summed E-state index contributed by atoms with van der Waals surface area (Å²) < 4.78 is 0. The monoisotopic (exact) mass is 200 g/mol. The van der Waals surface area contributed by atoms with E-state index in [1.54, 1.807) is 0 Å². The molecule has 0 aliphatic carbocycles. The Hall–Kier alpha value is -1.44. The molecule has 0 unspecified atom stereocenters. The second-order valence-electron chi connectivity index (χ2n) is 4.22. The van der Waals surface area contributed by atoms with Gasteiger partial charge in [-0.2, -0.15) is 0 Å². The minimum atomic E-state index is 0.853. The summed E-state index contributed by atoms with van der Waals surface area (Å²) >= 11 is 0. The second kappa shape index (κ2) is 3.30. The topological polar surface area (TPSA) is 25.8 Å². The maximum absolute atomic E-state index is 4.53. The van der Waals surface area contributed by atoms with Gasteiger partial charge in [0.1, 0.15) is 5.82 Å². The van der Waals surface area contributed by atoms with Crippen molar-refractivity contribution < 1.29 is 0 Å². The Bertz CT molecular complexity index is 542. The first-order valence-electron chi connectivity index (χ1n) is 5.22. The molecule has 1 heterocycles. The van der Waals surface area contributed by atoms with Gasteiger partial charge < -0.3 is 0 Å². The molecule has 0 fully saturated rings. The van der Waals surface area contributed by atoms with E-state index in [0.717, 1.165) is 17.0 Å². The molecule has 15 heavy (non-hydrogen) atoms. The molecular formula is C13H16N2. The first kappa shape index (κ1) is 10.1. The fourth-order valence-electron chi connectivity index (χ4n) is 2.15. The van der Waals surface area contributed by atoms with Crippen LogP contribution in [0, 0.1) is 34.6 Å². The van der Waals surface area contributed by atoms with Crippen LogP contribution in [0.25, 0.3) is 10.9 Å². The zero-order chi connectivity index (χ0) is 11.2. The normalized spacial score (nSPS) is 11.0. The van der Waals surface area contributed by atoms with Crippen LogP contribution in [0.2, 0.25) is 0 Å². The van der Waals surface area contributed by atoms with E-state index in [1.165, 1.54) is 22.1 Å². The van der Waals surface area contributed by atoms with E-state index in [0.29, 0.717) is 0 Å². The van der Waals surface area contributed by atoms with Crippen LogP contribution in [0.5, 0.6) is 0 Å². The van der Waals surface area contributed by atoms with Gasteiger partial charge in [0.25, 0.3) is 0 Å². The van der Waals surface area contributed by atoms with Crippen LogP contribution in [0.3, 0.4) is 0 Å². The van der Waals surface area contributed by atoms with Crippen LogP contribution in [0.4, 0.5) is 0 Å². The zero-order valence-electron chi connectivity index (χ0n) is 9.97. The van der Waals surface area contributed by atoms with Crippen LogP contribution < -0.4 is 0 Å². The molecule has 0 atom stereocenters. The number of hydrogen-bond donors (Lipinski definition) is 0. The minimum absolute atomic E-state index is 0.853. The highest BCUT2D eigenvalue weighted by Gasteiger charge is 2.09. The average Bonchev–Trinajstić information content (AvgIpc) is 2.13. The smallest absolute Gasteiger partial charge is 0.126 e. The number of rotatable bonds is 0. The Labute approximate surface area is 90.4 Å². The molecule has 1 aromatic carbocycles. The Morgan fingerprint density at radius 1 is 0.867 bits per heavy atom. The summed E-state index contributed by atoms with van der Waals surface area (Å²) in [5.74, 6) is 0.853. The zero-order valence-corrected chi connectivity index (χ0v) is 9.97. The quantitative estimate of drug-likeness (QED) is 0.652. The Morgan fingerprint density at radius 2 is 1.53 bits per heavy atom. The lowest BCUT2D eigenvalue weighted by Gasteiger charge is -2.11. The van der Waals surface area contributed by atoms with Crippen molar-refractivity contribution in [1.82, 2.24) is 9.97 Å². The first-order chi connectivity index (χ1) is 7.00. The second-order valence-corrected chi connectivity index (χ2v) is 4.22. The molecule has 0 saturated carbocycles. The van der Waals surface area contributed by atoms with E-state index in [4.69, 9.17) is 0 Å². The van der Waals surface area contributed by atoms with Gasteiger partial charge in [-0.05, 0) is 51.3 Å². The number of nitrogens with zero attached hydrogens (tertiary/aromatic N) is 2. The summed E-state index contributed by atoms with van der Waals surface area (Å²) in [7, 11) is 0. The highest BCUT2D eigenvalue weighted by atomic mass is 14.9. The molecule has 2 heteroatoms. The van der Waals surface area contributed by atoms with Crippen LogP contribution in [-0.4, -0.2) is 9.97 Å². The van der Waals surface area contributed by atoms with E-state index < -0.39 is 0 Å². The average molecular weight is 200 g/mol. The van der Waals surface area contributed by atoms with Crippen molar-refractivity contribution in [2.45, 2.75) is 34.6 Å². The third-order valence-corrected chi connectivity index (χ3v) is 2.97. The van der Waals surface area contributed by atoms with Crippen LogP contribution in [0.15, 0.2) is 6.07 Å². The van der Waals surface area contributed by atoms with Gasteiger partial charge in [-0.15, -0.1) is 0 Å². The van der Waals surface area contributed by atoms with Crippen LogP contribution >= 0.6 is 0 Å². The summed E-state index contributed by atoms with van der Waals surface area (Å²) in [6.45, 7) is 10.4. The van der Waals surface area contributed by atoms with Gasteiger partial charge in [0, 0.05) is 11.1 Å². The van der Waals surface area contributed by atoms with Crippen molar-refractivity contribution in [2.75, 3.05) is 0 Å². The Morgan fingerprint density at radius 3 is 2.20 bits per heavy atom. The third-order valence-electron chi connectivity index (χ3n) is 2.97. The van der Waals surface area contributed by atoms with Crippen molar-refractivity contribution in [2.24, 2.45) is 0 Å². The van der Waals surface area contributed by atoms with E-state index in [-0.39, 0.29) is 0 Å². The number of benzene rings is 1. The number of fused-ring (bicyclic) bond motifs is 1. The van der Waals surface area contributed by atoms with Gasteiger partial charge in [0.2, 0.25) is 0 Å². The molecular weight excluding hydrogens is 184 g/mol. The third kappa shape index (κ3) is 1.50. The van der Waals surface area contributed by atoms with Gasteiger partial charge in [0.05, 0.1) is 5.52 Å². The standard InChI is InChI=1S/C13H16N2/c1-7-6-8(2)13-12(9(7)3)10(4)14-11(5)15-13/h6H,1-5H3. The van der Waals surface area contributed by atoms with Crippen LogP contribution in [0.1, 0.15) is 28.2 Å². The molecule has 2 rings (SSSR count). The highest BCUT2D eigenvalue weighted by molar-refractivity contribution is 5.87. The fraction of sp³-hybridized carbons (Fsp3) is 0.385. The molecule has 0 N–H and O–H groups in total. The van der Waals surface area contributed by atoms with E-state index in [1.807, 2.05) is 6.92 Å². The minimum Gasteiger partial charge on any atom is -0.238 e. The van der Waals surface area contributed by atoms with Crippen molar-refractivity contribution in [3.05, 3.63) is 34.3 Å². The number of hydrogen-bond acceptors (Lipinski definition) is 2. The molecule has 78 valence electrons. The van der Waals surface area contributed by atoms with Crippen molar-refractivity contribution in [3.8, 4) is 0 Å². The van der Waals surface area contributed by atoms with Crippen LogP contribution in [-0.2, 0) is 0 Å². The van der Waals surface area contributed by atoms with Crippen molar-refractivity contribution in [1.29, 1.82) is 0 Å². The summed E-state index contributed by atoms with van der Waals surface area (Å²) in [5, 5.41) is 1.22. The molecule has 0 amide bonds. The molecule has 0 spiro atoms. The van der Waals surface area contributed by atoms with E-state index in [9.17, 15) is 0 Å². The molecule has 2 nitrogen and oxygen atoms in total. The molecule has 0 aliphatic heterocycles. The predicted molar refractivity (Wildman–Crippen MR) is 63.2 cm³/mol. The fourth-order valence-corrected chi connectivity index (χ4v) is 2.15. The number of aryl methyl sites for hydroxylation is 5.